The van der Waals surface area contributed by atoms with Crippen molar-refractivity contribution in [3.05, 3.63) is 133 Å². The van der Waals surface area contributed by atoms with Crippen LogP contribution in [0.5, 0.6) is 0 Å². The fourth-order valence-corrected chi connectivity index (χ4v) is 5.24. The maximum Gasteiger partial charge on any atom is 0.143 e. The van der Waals surface area contributed by atoms with Crippen molar-refractivity contribution in [3.8, 4) is 44.9 Å². The average molecular weight is 479 g/mol. The molecule has 0 aliphatic carbocycles. The van der Waals surface area contributed by atoms with E-state index in [1.54, 1.807) is 0 Å². The van der Waals surface area contributed by atoms with Crippen molar-refractivity contribution >= 4 is 10.8 Å². The lowest BCUT2D eigenvalue weighted by atomic mass is 9.80. The van der Waals surface area contributed by atoms with E-state index in [1.165, 1.54) is 33.4 Å². The minimum absolute atomic E-state index is 0.0542. The second-order valence-electron chi connectivity index (χ2n) is 10.6. The van der Waals surface area contributed by atoms with Crippen LogP contribution in [0.25, 0.3) is 55.7 Å². The van der Waals surface area contributed by atoms with Gasteiger partial charge in [0.15, 0.2) is 0 Å². The average Bonchev–Trinajstić information content (AvgIpc) is 3.33. The lowest BCUT2D eigenvalue weighted by molar-refractivity contribution is 0.576. The summed E-state index contributed by atoms with van der Waals surface area (Å²) in [6.45, 7) is 6.82. The van der Waals surface area contributed by atoms with E-state index in [-0.39, 0.29) is 5.41 Å². The molecule has 1 nitrogen and oxygen atoms in total. The Morgan fingerprint density at radius 3 is 1.68 bits per heavy atom. The van der Waals surface area contributed by atoms with Crippen LogP contribution in [-0.2, 0) is 5.41 Å². The van der Waals surface area contributed by atoms with E-state index in [0.29, 0.717) is 0 Å². The SMILES string of the molecule is CC(C)(C)c1cccc(-c2ccccc2)c1-c1oc(-c2cccc(-c3ccccc3)c2)c2ccccc12. The molecule has 6 rings (SSSR count). The summed E-state index contributed by atoms with van der Waals surface area (Å²) >= 11 is 0. The highest BCUT2D eigenvalue weighted by molar-refractivity contribution is 6.05. The molecule has 0 atom stereocenters. The summed E-state index contributed by atoms with van der Waals surface area (Å²) in [5, 5.41) is 2.27. The molecule has 0 aliphatic heterocycles. The van der Waals surface area contributed by atoms with Crippen LogP contribution in [0, 0.1) is 0 Å². The second-order valence-corrected chi connectivity index (χ2v) is 10.6. The maximum atomic E-state index is 6.93. The molecular formula is C36H30O. The number of furan rings is 1. The normalized spacial score (nSPS) is 11.6. The first kappa shape index (κ1) is 23.1. The zero-order chi connectivity index (χ0) is 25.4. The molecule has 0 radical (unpaired) electrons. The van der Waals surface area contributed by atoms with E-state index in [1.807, 2.05) is 0 Å². The van der Waals surface area contributed by atoms with Gasteiger partial charge in [0.1, 0.15) is 11.5 Å². The molecular weight excluding hydrogens is 448 g/mol. The molecule has 0 fully saturated rings. The lowest BCUT2D eigenvalue weighted by Gasteiger charge is -2.24. The Labute approximate surface area is 219 Å². The van der Waals surface area contributed by atoms with Gasteiger partial charge >= 0.3 is 0 Å². The molecule has 6 aromatic rings. The Balaban J connectivity index is 1.63. The van der Waals surface area contributed by atoms with Gasteiger partial charge in [-0.05, 0) is 39.3 Å². The summed E-state index contributed by atoms with van der Waals surface area (Å²) < 4.78 is 6.93. The smallest absolute Gasteiger partial charge is 0.143 e. The van der Waals surface area contributed by atoms with Crippen LogP contribution in [-0.4, -0.2) is 0 Å². The van der Waals surface area contributed by atoms with Gasteiger partial charge in [-0.2, -0.15) is 0 Å². The van der Waals surface area contributed by atoms with Gasteiger partial charge in [0.25, 0.3) is 0 Å². The quantitative estimate of drug-likeness (QED) is 0.246. The zero-order valence-corrected chi connectivity index (χ0v) is 21.5. The van der Waals surface area contributed by atoms with E-state index < -0.39 is 0 Å². The fraction of sp³-hybridized carbons (Fsp3) is 0.111. The van der Waals surface area contributed by atoms with Crippen LogP contribution in [0.4, 0.5) is 0 Å². The molecule has 0 bridgehead atoms. The third-order valence-electron chi connectivity index (χ3n) is 7.04. The molecule has 1 aromatic heterocycles. The Hall–Kier alpha value is -4.36. The molecule has 0 aliphatic rings. The van der Waals surface area contributed by atoms with Gasteiger partial charge < -0.3 is 4.42 Å². The lowest BCUT2D eigenvalue weighted by Crippen LogP contribution is -2.13. The van der Waals surface area contributed by atoms with Gasteiger partial charge in [0.2, 0.25) is 0 Å². The molecule has 1 heteroatoms. The standard InChI is InChI=1S/C36H30O/c1-36(2,3)32-23-13-22-29(26-16-8-5-9-17-26)33(32)35-31-21-11-10-20-30(31)34(37-35)28-19-12-18-27(24-28)25-14-6-4-7-15-25/h4-24H,1-3H3. The van der Waals surface area contributed by atoms with E-state index in [4.69, 9.17) is 4.42 Å². The summed E-state index contributed by atoms with van der Waals surface area (Å²) in [4.78, 5) is 0. The van der Waals surface area contributed by atoms with Gasteiger partial charge in [0.05, 0.1) is 0 Å². The van der Waals surface area contributed by atoms with Gasteiger partial charge in [-0.3, -0.25) is 0 Å². The zero-order valence-electron chi connectivity index (χ0n) is 21.5. The molecule has 0 saturated heterocycles. The van der Waals surface area contributed by atoms with Crippen LogP contribution < -0.4 is 0 Å². The van der Waals surface area contributed by atoms with Crippen molar-refractivity contribution < 1.29 is 4.42 Å². The number of benzene rings is 5. The maximum absolute atomic E-state index is 6.93. The summed E-state index contributed by atoms with van der Waals surface area (Å²) in [5.74, 6) is 1.84. The first-order valence-electron chi connectivity index (χ1n) is 12.9. The number of hydrogen-bond acceptors (Lipinski definition) is 1. The molecule has 0 N–H and O–H groups in total. The highest BCUT2D eigenvalue weighted by atomic mass is 16.3. The molecule has 180 valence electrons. The van der Waals surface area contributed by atoms with E-state index in [2.05, 4.69) is 148 Å². The molecule has 0 amide bonds. The van der Waals surface area contributed by atoms with Crippen LogP contribution >= 0.6 is 0 Å². The second kappa shape index (κ2) is 9.26. The number of hydrogen-bond donors (Lipinski definition) is 0. The fourth-order valence-electron chi connectivity index (χ4n) is 5.24. The van der Waals surface area contributed by atoms with E-state index in [9.17, 15) is 0 Å². The van der Waals surface area contributed by atoms with Crippen molar-refractivity contribution in [1.82, 2.24) is 0 Å². The van der Waals surface area contributed by atoms with E-state index >= 15 is 0 Å². The third kappa shape index (κ3) is 4.27. The van der Waals surface area contributed by atoms with Crippen LogP contribution in [0.3, 0.4) is 0 Å². The van der Waals surface area contributed by atoms with Crippen molar-refractivity contribution in [3.63, 3.8) is 0 Å². The first-order valence-corrected chi connectivity index (χ1v) is 12.9. The van der Waals surface area contributed by atoms with Crippen molar-refractivity contribution in [2.24, 2.45) is 0 Å². The summed E-state index contributed by atoms with van der Waals surface area (Å²) in [6.07, 6.45) is 0. The third-order valence-corrected chi connectivity index (χ3v) is 7.04. The largest absolute Gasteiger partial charge is 0.455 e. The molecule has 0 spiro atoms. The Morgan fingerprint density at radius 2 is 1.00 bits per heavy atom. The highest BCUT2D eigenvalue weighted by Gasteiger charge is 2.26. The molecule has 5 aromatic carbocycles. The summed E-state index contributed by atoms with van der Waals surface area (Å²) in [6, 6.07) is 45.0. The molecule has 0 unspecified atom stereocenters. The van der Waals surface area contributed by atoms with Crippen LogP contribution in [0.2, 0.25) is 0 Å². The van der Waals surface area contributed by atoms with Gasteiger partial charge in [-0.15, -0.1) is 0 Å². The predicted molar refractivity (Wildman–Crippen MR) is 157 cm³/mol. The molecule has 1 heterocycles. The van der Waals surface area contributed by atoms with Crippen molar-refractivity contribution in [2.75, 3.05) is 0 Å². The minimum atomic E-state index is -0.0542. The highest BCUT2D eigenvalue weighted by Crippen LogP contribution is 2.46. The number of fused-ring (bicyclic) bond motifs is 1. The minimum Gasteiger partial charge on any atom is -0.455 e. The summed E-state index contributed by atoms with van der Waals surface area (Å²) in [7, 11) is 0. The van der Waals surface area contributed by atoms with Gasteiger partial charge in [0, 0.05) is 21.9 Å². The van der Waals surface area contributed by atoms with Crippen LogP contribution in [0.15, 0.2) is 132 Å². The van der Waals surface area contributed by atoms with Gasteiger partial charge in [-0.1, -0.05) is 142 Å². The van der Waals surface area contributed by atoms with E-state index in [0.717, 1.165) is 27.9 Å². The predicted octanol–water partition coefficient (Wildman–Crippen LogP) is 10.4. The van der Waals surface area contributed by atoms with Crippen molar-refractivity contribution in [1.29, 1.82) is 0 Å². The summed E-state index contributed by atoms with van der Waals surface area (Å²) in [5.41, 5.74) is 8.24. The Kier molecular flexibility index (Phi) is 5.77. The first-order chi connectivity index (χ1) is 18.0. The van der Waals surface area contributed by atoms with Gasteiger partial charge in [-0.25, -0.2) is 0 Å². The van der Waals surface area contributed by atoms with Crippen molar-refractivity contribution in [2.45, 2.75) is 26.2 Å². The Morgan fingerprint density at radius 1 is 0.459 bits per heavy atom. The monoisotopic (exact) mass is 478 g/mol. The topological polar surface area (TPSA) is 13.1 Å². The Bertz CT molecular complexity index is 1680. The van der Waals surface area contributed by atoms with Crippen LogP contribution in [0.1, 0.15) is 26.3 Å². The molecule has 0 saturated carbocycles. The molecule has 37 heavy (non-hydrogen) atoms. The number of rotatable bonds is 4.